The van der Waals surface area contributed by atoms with Gasteiger partial charge in [0.15, 0.2) is 6.61 Å². The number of rotatable bonds is 4. The number of carboxylic acids is 1. The first-order valence-corrected chi connectivity index (χ1v) is 3.89. The van der Waals surface area contributed by atoms with Gasteiger partial charge in [-0.25, -0.2) is 4.79 Å². The van der Waals surface area contributed by atoms with Crippen LogP contribution < -0.4 is 10.5 Å². The molecule has 0 aliphatic rings. The topological polar surface area (TPSA) is 116 Å². The summed E-state index contributed by atoms with van der Waals surface area (Å²) >= 11 is 0. The third-order valence-electron chi connectivity index (χ3n) is 1.56. The Morgan fingerprint density at radius 2 is 2.27 bits per heavy atom. The van der Waals surface area contributed by atoms with Gasteiger partial charge in [0.1, 0.15) is 5.75 Å². The van der Waals surface area contributed by atoms with Crippen LogP contribution in [0.3, 0.4) is 0 Å². The minimum atomic E-state index is -1.15. The second kappa shape index (κ2) is 4.27. The van der Waals surface area contributed by atoms with E-state index in [0.717, 1.165) is 6.07 Å². The Kier molecular flexibility index (Phi) is 3.06. The molecule has 1 aromatic rings. The second-order valence-electron chi connectivity index (χ2n) is 2.66. The number of nitro benzene ring substituents is 1. The number of nitrogen functional groups attached to an aromatic ring is 1. The molecule has 7 heteroatoms. The quantitative estimate of drug-likeness (QED) is 0.429. The molecule has 0 amide bonds. The molecule has 0 atom stereocenters. The smallest absolute Gasteiger partial charge is 0.341 e. The van der Waals surface area contributed by atoms with Crippen molar-refractivity contribution in [3.05, 3.63) is 28.3 Å². The number of non-ortho nitro benzene ring substituents is 1. The number of carbonyl (C=O) groups is 1. The number of anilines is 1. The lowest BCUT2D eigenvalue weighted by Crippen LogP contribution is -2.10. The number of nitrogens with zero attached hydrogens (tertiary/aromatic N) is 1. The van der Waals surface area contributed by atoms with E-state index >= 15 is 0 Å². The Balaban J connectivity index is 2.83. The Morgan fingerprint density at radius 3 is 2.73 bits per heavy atom. The summed E-state index contributed by atoms with van der Waals surface area (Å²) in [6, 6.07) is 3.56. The molecule has 0 unspecified atom stereocenters. The van der Waals surface area contributed by atoms with Gasteiger partial charge in [-0.2, -0.15) is 0 Å². The highest BCUT2D eigenvalue weighted by Crippen LogP contribution is 2.25. The van der Waals surface area contributed by atoms with E-state index in [1.165, 1.54) is 12.1 Å². The SMILES string of the molecule is Nc1cc([N+](=O)[O-])ccc1OCC(=O)O. The second-order valence-corrected chi connectivity index (χ2v) is 2.66. The zero-order chi connectivity index (χ0) is 11.4. The van der Waals surface area contributed by atoms with E-state index in [9.17, 15) is 14.9 Å². The predicted octanol–water partition coefficient (Wildman–Crippen LogP) is 0.640. The zero-order valence-corrected chi connectivity index (χ0v) is 7.54. The molecule has 15 heavy (non-hydrogen) atoms. The van der Waals surface area contributed by atoms with Crippen LogP contribution in [-0.2, 0) is 4.79 Å². The van der Waals surface area contributed by atoms with Crippen LogP contribution >= 0.6 is 0 Å². The van der Waals surface area contributed by atoms with Crippen LogP contribution in [0.1, 0.15) is 0 Å². The normalized spacial score (nSPS) is 9.60. The number of nitrogens with two attached hydrogens (primary N) is 1. The van der Waals surface area contributed by atoms with E-state index in [0.29, 0.717) is 0 Å². The molecule has 0 saturated carbocycles. The number of nitro groups is 1. The molecule has 0 aliphatic carbocycles. The monoisotopic (exact) mass is 212 g/mol. The van der Waals surface area contributed by atoms with Gasteiger partial charge in [0.2, 0.25) is 0 Å². The molecule has 7 nitrogen and oxygen atoms in total. The largest absolute Gasteiger partial charge is 0.480 e. The highest BCUT2D eigenvalue weighted by molar-refractivity contribution is 5.69. The summed E-state index contributed by atoms with van der Waals surface area (Å²) in [7, 11) is 0. The summed E-state index contributed by atoms with van der Waals surface area (Å²) in [5.41, 5.74) is 5.28. The first kappa shape index (κ1) is 10.8. The minimum absolute atomic E-state index is 0.0328. The maximum atomic E-state index is 10.3. The summed E-state index contributed by atoms with van der Waals surface area (Å²) < 4.78 is 4.79. The van der Waals surface area contributed by atoms with Gasteiger partial charge in [0.05, 0.1) is 10.6 Å². The Labute approximate surface area is 84.2 Å². The fourth-order valence-corrected chi connectivity index (χ4v) is 0.920. The molecule has 0 bridgehead atoms. The van der Waals surface area contributed by atoms with Crippen molar-refractivity contribution in [2.24, 2.45) is 0 Å². The summed E-state index contributed by atoms with van der Waals surface area (Å²) in [6.45, 7) is -0.540. The zero-order valence-electron chi connectivity index (χ0n) is 7.54. The fourth-order valence-electron chi connectivity index (χ4n) is 0.920. The lowest BCUT2D eigenvalue weighted by atomic mass is 10.2. The molecule has 1 rings (SSSR count). The van der Waals surface area contributed by atoms with Crippen molar-refractivity contribution in [3.63, 3.8) is 0 Å². The molecule has 0 radical (unpaired) electrons. The molecule has 3 N–H and O–H groups in total. The molecule has 0 saturated heterocycles. The van der Waals surface area contributed by atoms with Gasteiger partial charge in [0, 0.05) is 12.1 Å². The van der Waals surface area contributed by atoms with Crippen molar-refractivity contribution < 1.29 is 19.6 Å². The lowest BCUT2D eigenvalue weighted by Gasteiger charge is -2.05. The van der Waals surface area contributed by atoms with E-state index < -0.39 is 17.5 Å². The predicted molar refractivity (Wildman–Crippen MR) is 50.6 cm³/mol. The summed E-state index contributed by atoms with van der Waals surface area (Å²) in [5, 5.41) is 18.7. The average molecular weight is 212 g/mol. The van der Waals surface area contributed by atoms with E-state index in [1.807, 2.05) is 0 Å². The number of hydrogen-bond acceptors (Lipinski definition) is 5. The van der Waals surface area contributed by atoms with Crippen LogP contribution in [0.4, 0.5) is 11.4 Å². The van der Waals surface area contributed by atoms with Crippen molar-refractivity contribution >= 4 is 17.3 Å². The number of ether oxygens (including phenoxy) is 1. The van der Waals surface area contributed by atoms with E-state index in [1.54, 1.807) is 0 Å². The van der Waals surface area contributed by atoms with Gasteiger partial charge in [-0.05, 0) is 6.07 Å². The molecule has 80 valence electrons. The fraction of sp³-hybridized carbons (Fsp3) is 0.125. The van der Waals surface area contributed by atoms with Crippen LogP contribution in [0.25, 0.3) is 0 Å². The minimum Gasteiger partial charge on any atom is -0.480 e. The van der Waals surface area contributed by atoms with Gasteiger partial charge in [0.25, 0.3) is 5.69 Å². The van der Waals surface area contributed by atoms with Crippen molar-refractivity contribution in [2.75, 3.05) is 12.3 Å². The van der Waals surface area contributed by atoms with Gasteiger partial charge >= 0.3 is 5.97 Å². The number of benzene rings is 1. The average Bonchev–Trinajstić information content (AvgIpc) is 2.15. The molecule has 0 aromatic heterocycles. The van der Waals surface area contributed by atoms with Crippen molar-refractivity contribution in [3.8, 4) is 5.75 Å². The highest BCUT2D eigenvalue weighted by atomic mass is 16.6. The summed E-state index contributed by atoms with van der Waals surface area (Å²) in [6.07, 6.45) is 0. The molecule has 1 aromatic carbocycles. The van der Waals surface area contributed by atoms with Crippen molar-refractivity contribution in [1.29, 1.82) is 0 Å². The first-order chi connectivity index (χ1) is 7.00. The summed E-state index contributed by atoms with van der Waals surface area (Å²) in [5.74, 6) is -1.03. The standard InChI is InChI=1S/C8H8N2O5/c9-6-3-5(10(13)14)1-2-7(6)15-4-8(11)12/h1-3H,4,9H2,(H,11,12). The Morgan fingerprint density at radius 1 is 1.60 bits per heavy atom. The van der Waals surface area contributed by atoms with Gasteiger partial charge in [-0.1, -0.05) is 0 Å². The molecule has 0 heterocycles. The number of hydrogen-bond donors (Lipinski definition) is 2. The molecule has 0 spiro atoms. The van der Waals surface area contributed by atoms with Crippen molar-refractivity contribution in [2.45, 2.75) is 0 Å². The Hall–Kier alpha value is -2.31. The number of carboxylic acid groups (broad SMARTS) is 1. The third kappa shape index (κ3) is 2.83. The Bertz CT molecular complexity index is 404. The van der Waals surface area contributed by atoms with Gasteiger partial charge in [-0.15, -0.1) is 0 Å². The van der Waals surface area contributed by atoms with Crippen LogP contribution in [0.2, 0.25) is 0 Å². The number of aliphatic carboxylic acids is 1. The van der Waals surface area contributed by atoms with Crippen LogP contribution in [0.15, 0.2) is 18.2 Å². The summed E-state index contributed by atoms with van der Waals surface area (Å²) in [4.78, 5) is 19.9. The van der Waals surface area contributed by atoms with Gasteiger partial charge in [-0.3, -0.25) is 10.1 Å². The first-order valence-electron chi connectivity index (χ1n) is 3.89. The lowest BCUT2D eigenvalue weighted by molar-refractivity contribution is -0.384. The van der Waals surface area contributed by atoms with E-state index in [2.05, 4.69) is 0 Å². The molecule has 0 fully saturated rings. The molecular weight excluding hydrogens is 204 g/mol. The maximum absolute atomic E-state index is 10.3. The highest BCUT2D eigenvalue weighted by Gasteiger charge is 2.10. The van der Waals surface area contributed by atoms with Gasteiger partial charge < -0.3 is 15.6 Å². The van der Waals surface area contributed by atoms with Crippen molar-refractivity contribution in [1.82, 2.24) is 0 Å². The van der Waals surface area contributed by atoms with Crippen LogP contribution in [0.5, 0.6) is 5.75 Å². The third-order valence-corrected chi connectivity index (χ3v) is 1.56. The van der Waals surface area contributed by atoms with Crippen LogP contribution in [0, 0.1) is 10.1 Å². The van der Waals surface area contributed by atoms with E-state index in [-0.39, 0.29) is 17.1 Å². The van der Waals surface area contributed by atoms with Crippen LogP contribution in [-0.4, -0.2) is 22.6 Å². The van der Waals surface area contributed by atoms with E-state index in [4.69, 9.17) is 15.6 Å². The molecular formula is C8H8N2O5. The molecule has 0 aliphatic heterocycles. The maximum Gasteiger partial charge on any atom is 0.341 e.